The minimum atomic E-state index is -0.532. The molecule has 0 bridgehead atoms. The van der Waals surface area contributed by atoms with Crippen molar-refractivity contribution in [2.24, 2.45) is 0 Å². The molecule has 0 aliphatic heterocycles. The monoisotopic (exact) mass is 447 g/mol. The molecule has 0 radical (unpaired) electrons. The standard InChI is InChI=1S/C23H27BrFNO2/c1-3-14-26(2)15-6-4-5-7-16-28-20-11-8-18(9-12-20)23(27)21-13-10-19(24)17-22(21)25/h3,8-13,17H,1,4-7,14-16H2,2H3. The van der Waals surface area contributed by atoms with Gasteiger partial charge in [0.2, 0.25) is 0 Å². The number of unbranched alkanes of at least 4 members (excludes halogenated alkanes) is 3. The average molecular weight is 448 g/mol. The summed E-state index contributed by atoms with van der Waals surface area (Å²) in [6, 6.07) is 11.3. The molecule has 0 N–H and O–H groups in total. The molecular weight excluding hydrogens is 421 g/mol. The van der Waals surface area contributed by atoms with E-state index in [1.807, 2.05) is 6.08 Å². The molecule has 0 saturated heterocycles. The first-order valence-electron chi connectivity index (χ1n) is 9.53. The number of carbonyl (C=O) groups is 1. The van der Waals surface area contributed by atoms with Crippen molar-refractivity contribution < 1.29 is 13.9 Å². The normalized spacial score (nSPS) is 10.9. The zero-order valence-corrected chi connectivity index (χ0v) is 17.9. The summed E-state index contributed by atoms with van der Waals surface area (Å²) in [5.74, 6) is -0.146. The highest BCUT2D eigenvalue weighted by molar-refractivity contribution is 9.10. The van der Waals surface area contributed by atoms with Gasteiger partial charge in [-0.3, -0.25) is 4.79 Å². The molecule has 150 valence electrons. The predicted molar refractivity (Wildman–Crippen MR) is 116 cm³/mol. The summed E-state index contributed by atoms with van der Waals surface area (Å²) >= 11 is 3.19. The molecule has 28 heavy (non-hydrogen) atoms. The first-order valence-corrected chi connectivity index (χ1v) is 10.3. The van der Waals surface area contributed by atoms with E-state index in [0.29, 0.717) is 16.6 Å². The highest BCUT2D eigenvalue weighted by atomic mass is 79.9. The van der Waals surface area contributed by atoms with Crippen LogP contribution in [0.5, 0.6) is 5.75 Å². The highest BCUT2D eigenvalue weighted by Gasteiger charge is 2.14. The SMILES string of the molecule is C=CCN(C)CCCCCCOc1ccc(C(=O)c2ccc(Br)cc2F)cc1. The number of ketones is 1. The number of halogens is 2. The van der Waals surface area contributed by atoms with Crippen LogP contribution in [0.25, 0.3) is 0 Å². The number of hydrogen-bond acceptors (Lipinski definition) is 3. The van der Waals surface area contributed by atoms with E-state index in [9.17, 15) is 9.18 Å². The number of hydrogen-bond donors (Lipinski definition) is 0. The van der Waals surface area contributed by atoms with Gasteiger partial charge >= 0.3 is 0 Å². The lowest BCUT2D eigenvalue weighted by molar-refractivity contribution is 0.103. The van der Waals surface area contributed by atoms with Crippen LogP contribution < -0.4 is 4.74 Å². The van der Waals surface area contributed by atoms with Gasteiger partial charge in [-0.1, -0.05) is 34.8 Å². The summed E-state index contributed by atoms with van der Waals surface area (Å²) in [4.78, 5) is 14.7. The number of ether oxygens (including phenoxy) is 1. The molecule has 0 fully saturated rings. The van der Waals surface area contributed by atoms with Crippen LogP contribution in [0.2, 0.25) is 0 Å². The zero-order chi connectivity index (χ0) is 20.4. The average Bonchev–Trinajstić information content (AvgIpc) is 2.67. The third-order valence-electron chi connectivity index (χ3n) is 4.44. The zero-order valence-electron chi connectivity index (χ0n) is 16.3. The lowest BCUT2D eigenvalue weighted by Gasteiger charge is -2.13. The Morgan fingerprint density at radius 1 is 1.14 bits per heavy atom. The number of rotatable bonds is 12. The van der Waals surface area contributed by atoms with Gasteiger partial charge in [0.15, 0.2) is 5.78 Å². The Kier molecular flexibility index (Phi) is 9.38. The van der Waals surface area contributed by atoms with Gasteiger partial charge in [-0.25, -0.2) is 4.39 Å². The fraction of sp³-hybridized carbons (Fsp3) is 0.348. The molecule has 0 unspecified atom stereocenters. The van der Waals surface area contributed by atoms with E-state index < -0.39 is 5.82 Å². The van der Waals surface area contributed by atoms with Crippen LogP contribution in [0.3, 0.4) is 0 Å². The fourth-order valence-corrected chi connectivity index (χ4v) is 3.20. The molecule has 2 aromatic rings. The molecule has 0 heterocycles. The van der Waals surface area contributed by atoms with Gasteiger partial charge in [-0.05, 0) is 68.9 Å². The van der Waals surface area contributed by atoms with E-state index in [2.05, 4.69) is 34.5 Å². The summed E-state index contributed by atoms with van der Waals surface area (Å²) in [5.41, 5.74) is 0.507. The Labute approximate surface area is 175 Å². The minimum Gasteiger partial charge on any atom is -0.494 e. The Hall–Kier alpha value is -1.98. The second-order valence-corrected chi connectivity index (χ2v) is 7.71. The van der Waals surface area contributed by atoms with Crippen LogP contribution in [-0.4, -0.2) is 37.4 Å². The Balaban J connectivity index is 1.72. The lowest BCUT2D eigenvalue weighted by atomic mass is 10.0. The van der Waals surface area contributed by atoms with Crippen LogP contribution in [0, 0.1) is 5.82 Å². The highest BCUT2D eigenvalue weighted by Crippen LogP contribution is 2.20. The van der Waals surface area contributed by atoms with Crippen LogP contribution >= 0.6 is 15.9 Å². The lowest BCUT2D eigenvalue weighted by Crippen LogP contribution is -2.19. The summed E-state index contributed by atoms with van der Waals surface area (Å²) < 4.78 is 20.3. The van der Waals surface area contributed by atoms with Crippen molar-refractivity contribution in [2.75, 3.05) is 26.7 Å². The van der Waals surface area contributed by atoms with E-state index in [1.54, 1.807) is 30.3 Å². The van der Waals surface area contributed by atoms with Gasteiger partial charge in [0.05, 0.1) is 12.2 Å². The Morgan fingerprint density at radius 2 is 1.86 bits per heavy atom. The van der Waals surface area contributed by atoms with Crippen molar-refractivity contribution in [1.82, 2.24) is 4.90 Å². The summed E-state index contributed by atoms with van der Waals surface area (Å²) in [5, 5.41) is 0. The van der Waals surface area contributed by atoms with E-state index in [4.69, 9.17) is 4.74 Å². The van der Waals surface area contributed by atoms with Gasteiger partial charge in [-0.2, -0.15) is 0 Å². The van der Waals surface area contributed by atoms with Gasteiger partial charge in [0.1, 0.15) is 11.6 Å². The number of nitrogens with zero attached hydrogens (tertiary/aromatic N) is 1. The van der Waals surface area contributed by atoms with Crippen molar-refractivity contribution >= 4 is 21.7 Å². The molecule has 0 amide bonds. The Morgan fingerprint density at radius 3 is 2.54 bits per heavy atom. The topological polar surface area (TPSA) is 29.5 Å². The van der Waals surface area contributed by atoms with Gasteiger partial charge in [0.25, 0.3) is 0 Å². The molecule has 5 heteroatoms. The van der Waals surface area contributed by atoms with E-state index in [-0.39, 0.29) is 11.3 Å². The summed E-state index contributed by atoms with van der Waals surface area (Å²) in [6.07, 6.45) is 6.39. The molecule has 0 aromatic heterocycles. The summed E-state index contributed by atoms with van der Waals surface area (Å²) in [7, 11) is 2.10. The number of carbonyl (C=O) groups excluding carboxylic acids is 1. The maximum Gasteiger partial charge on any atom is 0.195 e. The molecule has 0 aliphatic rings. The quantitative estimate of drug-likeness (QED) is 0.231. The molecule has 0 atom stereocenters. The van der Waals surface area contributed by atoms with E-state index >= 15 is 0 Å². The molecule has 2 rings (SSSR count). The van der Waals surface area contributed by atoms with Gasteiger partial charge < -0.3 is 9.64 Å². The molecule has 3 nitrogen and oxygen atoms in total. The molecular formula is C23H27BrFNO2. The van der Waals surface area contributed by atoms with Crippen molar-refractivity contribution in [3.63, 3.8) is 0 Å². The smallest absolute Gasteiger partial charge is 0.195 e. The second kappa shape index (κ2) is 11.8. The first kappa shape index (κ1) is 22.3. The third kappa shape index (κ3) is 7.21. The fourth-order valence-electron chi connectivity index (χ4n) is 2.87. The maximum atomic E-state index is 14.0. The predicted octanol–water partition coefficient (Wildman–Crippen LogP) is 5.88. The van der Waals surface area contributed by atoms with Crippen molar-refractivity contribution in [3.05, 3.63) is 76.5 Å². The maximum absolute atomic E-state index is 14.0. The van der Waals surface area contributed by atoms with Crippen molar-refractivity contribution in [3.8, 4) is 5.75 Å². The number of benzene rings is 2. The first-order chi connectivity index (χ1) is 13.5. The van der Waals surface area contributed by atoms with Crippen molar-refractivity contribution in [1.29, 1.82) is 0 Å². The van der Waals surface area contributed by atoms with Crippen LogP contribution in [0.1, 0.15) is 41.6 Å². The van der Waals surface area contributed by atoms with E-state index in [1.165, 1.54) is 25.0 Å². The van der Waals surface area contributed by atoms with Gasteiger partial charge in [0, 0.05) is 16.6 Å². The third-order valence-corrected chi connectivity index (χ3v) is 4.93. The largest absolute Gasteiger partial charge is 0.494 e. The minimum absolute atomic E-state index is 0.0654. The summed E-state index contributed by atoms with van der Waals surface area (Å²) in [6.45, 7) is 6.40. The van der Waals surface area contributed by atoms with E-state index in [0.717, 1.165) is 31.7 Å². The molecule has 0 saturated carbocycles. The number of likely N-dealkylation sites (N-methyl/N-ethyl adjacent to an activating group) is 1. The van der Waals surface area contributed by atoms with Gasteiger partial charge in [-0.15, -0.1) is 6.58 Å². The second-order valence-electron chi connectivity index (χ2n) is 6.79. The van der Waals surface area contributed by atoms with Crippen LogP contribution in [0.4, 0.5) is 4.39 Å². The van der Waals surface area contributed by atoms with Crippen LogP contribution in [-0.2, 0) is 0 Å². The van der Waals surface area contributed by atoms with Crippen molar-refractivity contribution in [2.45, 2.75) is 25.7 Å². The molecule has 2 aromatic carbocycles. The molecule has 0 aliphatic carbocycles. The van der Waals surface area contributed by atoms with Crippen LogP contribution in [0.15, 0.2) is 59.6 Å². The molecule has 0 spiro atoms. The Bertz CT molecular complexity index is 777.